The summed E-state index contributed by atoms with van der Waals surface area (Å²) in [4.78, 5) is 35.1. The number of carboxylic acids is 1. The van der Waals surface area contributed by atoms with E-state index < -0.39 is 18.0 Å². The van der Waals surface area contributed by atoms with Gasteiger partial charge in [0.2, 0.25) is 5.91 Å². The predicted molar refractivity (Wildman–Crippen MR) is 124 cm³/mol. The molecule has 0 spiro atoms. The van der Waals surface area contributed by atoms with Gasteiger partial charge in [0, 0.05) is 24.2 Å². The maximum absolute atomic E-state index is 12.1. The monoisotopic (exact) mass is 442 g/mol. The Morgan fingerprint density at radius 2 is 1.58 bits per heavy atom. The van der Waals surface area contributed by atoms with Gasteiger partial charge in [-0.3, -0.25) is 4.79 Å². The number of nitrogens with one attached hydrogen (secondary N) is 2. The number of alkyl carbamates (subject to hydrolysis) is 1. The van der Waals surface area contributed by atoms with Gasteiger partial charge in [-0.15, -0.1) is 0 Å². The molecule has 3 aromatic rings. The van der Waals surface area contributed by atoms with Crippen LogP contribution in [-0.2, 0) is 9.53 Å². The third kappa shape index (κ3) is 5.10. The molecule has 3 N–H and O–H groups in total. The lowest BCUT2D eigenvalue weighted by Gasteiger charge is -2.14. The van der Waals surface area contributed by atoms with Crippen LogP contribution in [0.1, 0.15) is 27.4 Å². The van der Waals surface area contributed by atoms with Crippen molar-refractivity contribution < 1.29 is 24.2 Å². The number of rotatable bonds is 7. The van der Waals surface area contributed by atoms with Gasteiger partial charge in [0.25, 0.3) is 0 Å². The van der Waals surface area contributed by atoms with Crippen LogP contribution in [0.25, 0.3) is 11.1 Å². The molecule has 0 saturated heterocycles. The molecule has 0 unspecified atom stereocenters. The Bertz CT molecular complexity index is 1190. The number of fused-ring (bicyclic) bond motifs is 3. The topological polar surface area (TPSA) is 105 Å². The van der Waals surface area contributed by atoms with Crippen LogP contribution in [0.15, 0.2) is 84.9 Å². The van der Waals surface area contributed by atoms with E-state index >= 15 is 0 Å². The lowest BCUT2D eigenvalue weighted by Crippen LogP contribution is -2.26. The van der Waals surface area contributed by atoms with Crippen molar-refractivity contribution in [2.45, 2.75) is 5.92 Å². The number of ether oxygens (including phenoxy) is 1. The van der Waals surface area contributed by atoms with E-state index in [1.807, 2.05) is 24.3 Å². The van der Waals surface area contributed by atoms with Crippen molar-refractivity contribution in [1.29, 1.82) is 0 Å². The Balaban J connectivity index is 1.26. The molecular formula is C26H22N2O5. The summed E-state index contributed by atoms with van der Waals surface area (Å²) in [5.41, 5.74) is 5.03. The molecule has 1 aliphatic carbocycles. The minimum Gasteiger partial charge on any atom is -0.478 e. The van der Waals surface area contributed by atoms with E-state index in [-0.39, 0.29) is 24.6 Å². The van der Waals surface area contributed by atoms with Gasteiger partial charge in [0.1, 0.15) is 6.61 Å². The number of anilines is 1. The van der Waals surface area contributed by atoms with E-state index in [9.17, 15) is 14.4 Å². The molecule has 0 bridgehead atoms. The molecule has 0 heterocycles. The highest BCUT2D eigenvalue weighted by Gasteiger charge is 2.28. The van der Waals surface area contributed by atoms with Crippen LogP contribution in [0.4, 0.5) is 10.5 Å². The smallest absolute Gasteiger partial charge is 0.407 e. The first-order valence-electron chi connectivity index (χ1n) is 10.4. The Hall–Kier alpha value is -4.39. The highest BCUT2D eigenvalue weighted by atomic mass is 16.5. The highest BCUT2D eigenvalue weighted by molar-refractivity contribution is 6.00. The SMILES string of the molecule is O=C(/C=C/CNC(=O)OCC1c2ccccc2-c2ccccc21)Nc1cccc(C(=O)O)c1. The summed E-state index contributed by atoms with van der Waals surface area (Å²) in [6.07, 6.45) is 2.17. The van der Waals surface area contributed by atoms with Gasteiger partial charge in [-0.05, 0) is 40.5 Å². The van der Waals surface area contributed by atoms with Crippen molar-refractivity contribution in [3.63, 3.8) is 0 Å². The zero-order valence-corrected chi connectivity index (χ0v) is 17.7. The van der Waals surface area contributed by atoms with Crippen molar-refractivity contribution >= 4 is 23.7 Å². The van der Waals surface area contributed by atoms with Crippen LogP contribution < -0.4 is 10.6 Å². The average molecular weight is 442 g/mol. The maximum atomic E-state index is 12.1. The van der Waals surface area contributed by atoms with Gasteiger partial charge >= 0.3 is 12.1 Å². The molecule has 3 aromatic carbocycles. The number of carbonyl (C=O) groups excluding carboxylic acids is 2. The molecule has 0 saturated carbocycles. The maximum Gasteiger partial charge on any atom is 0.407 e. The number of hydrogen-bond acceptors (Lipinski definition) is 4. The molecule has 0 radical (unpaired) electrons. The quantitative estimate of drug-likeness (QED) is 0.470. The van der Waals surface area contributed by atoms with E-state index in [1.165, 1.54) is 24.3 Å². The predicted octanol–water partition coefficient (Wildman–Crippen LogP) is 4.42. The Morgan fingerprint density at radius 3 is 2.24 bits per heavy atom. The Labute approximate surface area is 190 Å². The minimum atomic E-state index is -1.08. The lowest BCUT2D eigenvalue weighted by molar-refractivity contribution is -0.111. The molecule has 0 fully saturated rings. The van der Waals surface area contributed by atoms with Crippen LogP contribution in [0.5, 0.6) is 0 Å². The summed E-state index contributed by atoms with van der Waals surface area (Å²) < 4.78 is 5.44. The zero-order chi connectivity index (χ0) is 23.2. The second kappa shape index (κ2) is 9.82. The summed E-state index contributed by atoms with van der Waals surface area (Å²) in [6, 6.07) is 22.1. The third-order valence-corrected chi connectivity index (χ3v) is 5.35. The number of aromatic carboxylic acids is 1. The number of carbonyl (C=O) groups is 3. The van der Waals surface area contributed by atoms with Gasteiger partial charge in [0.15, 0.2) is 0 Å². The highest BCUT2D eigenvalue weighted by Crippen LogP contribution is 2.44. The molecule has 166 valence electrons. The van der Waals surface area contributed by atoms with Crippen molar-refractivity contribution in [3.8, 4) is 11.1 Å². The molecule has 0 aliphatic heterocycles. The largest absolute Gasteiger partial charge is 0.478 e. The second-order valence-corrected chi connectivity index (χ2v) is 7.48. The van der Waals surface area contributed by atoms with Gasteiger partial charge in [0.05, 0.1) is 5.56 Å². The summed E-state index contributed by atoms with van der Waals surface area (Å²) >= 11 is 0. The first kappa shape index (κ1) is 21.8. The molecule has 0 atom stereocenters. The van der Waals surface area contributed by atoms with Gasteiger partial charge in [-0.2, -0.15) is 0 Å². The van der Waals surface area contributed by atoms with E-state index in [0.29, 0.717) is 5.69 Å². The van der Waals surface area contributed by atoms with E-state index in [4.69, 9.17) is 9.84 Å². The van der Waals surface area contributed by atoms with Crippen LogP contribution in [0.3, 0.4) is 0 Å². The molecule has 33 heavy (non-hydrogen) atoms. The first-order valence-corrected chi connectivity index (χ1v) is 10.4. The number of benzene rings is 3. The summed E-state index contributed by atoms with van der Waals surface area (Å²) in [5, 5.41) is 14.2. The average Bonchev–Trinajstić information content (AvgIpc) is 3.14. The molecule has 0 aromatic heterocycles. The molecule has 7 heteroatoms. The zero-order valence-electron chi connectivity index (χ0n) is 17.7. The standard InChI is InChI=1S/C26H22N2O5/c29-24(28-18-8-5-7-17(15-18)25(30)31)13-6-14-27-26(32)33-16-23-21-11-3-1-9-19(21)20-10-2-4-12-22(20)23/h1-13,15,23H,14,16H2,(H,27,32)(H,28,29)(H,30,31)/b13-6+. The van der Waals surface area contributed by atoms with Crippen molar-refractivity contribution in [2.75, 3.05) is 18.5 Å². The van der Waals surface area contributed by atoms with Crippen LogP contribution in [0, 0.1) is 0 Å². The van der Waals surface area contributed by atoms with E-state index in [0.717, 1.165) is 22.3 Å². The first-order chi connectivity index (χ1) is 16.0. The summed E-state index contributed by atoms with van der Waals surface area (Å²) in [7, 11) is 0. The van der Waals surface area contributed by atoms with Gasteiger partial charge < -0.3 is 20.5 Å². The fourth-order valence-corrected chi connectivity index (χ4v) is 3.87. The lowest BCUT2D eigenvalue weighted by atomic mass is 9.98. The fourth-order valence-electron chi connectivity index (χ4n) is 3.87. The van der Waals surface area contributed by atoms with E-state index in [1.54, 1.807) is 12.1 Å². The van der Waals surface area contributed by atoms with Crippen molar-refractivity contribution in [2.24, 2.45) is 0 Å². The molecule has 2 amide bonds. The van der Waals surface area contributed by atoms with E-state index in [2.05, 4.69) is 34.9 Å². The van der Waals surface area contributed by atoms with Crippen molar-refractivity contribution in [1.82, 2.24) is 5.32 Å². The second-order valence-electron chi connectivity index (χ2n) is 7.48. The molecule has 7 nitrogen and oxygen atoms in total. The third-order valence-electron chi connectivity index (χ3n) is 5.35. The minimum absolute atomic E-state index is 0.0222. The molecule has 1 aliphatic rings. The number of carboxylic acid groups (broad SMARTS) is 1. The van der Waals surface area contributed by atoms with Gasteiger partial charge in [-0.25, -0.2) is 9.59 Å². The molecular weight excluding hydrogens is 420 g/mol. The number of hydrogen-bond donors (Lipinski definition) is 3. The Kier molecular flexibility index (Phi) is 6.50. The molecule has 4 rings (SSSR count). The van der Waals surface area contributed by atoms with Crippen LogP contribution >= 0.6 is 0 Å². The van der Waals surface area contributed by atoms with Crippen molar-refractivity contribution in [3.05, 3.63) is 102 Å². The Morgan fingerprint density at radius 1 is 0.909 bits per heavy atom. The number of amides is 2. The van der Waals surface area contributed by atoms with Crippen LogP contribution in [-0.4, -0.2) is 36.2 Å². The normalized spacial score (nSPS) is 12.1. The fraction of sp³-hybridized carbons (Fsp3) is 0.115. The van der Waals surface area contributed by atoms with Gasteiger partial charge in [-0.1, -0.05) is 60.7 Å². The van der Waals surface area contributed by atoms with Crippen LogP contribution in [0.2, 0.25) is 0 Å². The summed E-state index contributed by atoms with van der Waals surface area (Å²) in [6.45, 7) is 0.323. The summed E-state index contributed by atoms with van der Waals surface area (Å²) in [5.74, 6) is -1.54.